The third-order valence-corrected chi connectivity index (χ3v) is 7.39. The Kier molecular flexibility index (Phi) is 7.44. The molecule has 0 aliphatic carbocycles. The molecule has 0 saturated carbocycles. The van der Waals surface area contributed by atoms with Gasteiger partial charge in [0.05, 0.1) is 26.6 Å². The number of benzene rings is 2. The summed E-state index contributed by atoms with van der Waals surface area (Å²) >= 11 is 0. The van der Waals surface area contributed by atoms with Gasteiger partial charge in [-0.05, 0) is 50.5 Å². The first-order valence-electron chi connectivity index (χ1n) is 10.4. The molecule has 10 nitrogen and oxygen atoms in total. The van der Waals surface area contributed by atoms with E-state index in [1.165, 1.54) is 47.6 Å². The summed E-state index contributed by atoms with van der Waals surface area (Å²) in [4.78, 5) is 35.3. The summed E-state index contributed by atoms with van der Waals surface area (Å²) in [6.45, 7) is 3.38. The number of rotatable bonds is 7. The van der Waals surface area contributed by atoms with Gasteiger partial charge >= 0.3 is 5.97 Å². The summed E-state index contributed by atoms with van der Waals surface area (Å²) in [6, 6.07) is 8.50. The van der Waals surface area contributed by atoms with Crippen LogP contribution in [0.15, 0.2) is 41.3 Å². The number of hydrogen-bond donors (Lipinski definition) is 1. The number of sulfonamides is 1. The third kappa shape index (κ3) is 5.55. The quantitative estimate of drug-likeness (QED) is 0.369. The monoisotopic (exact) mass is 475 g/mol. The van der Waals surface area contributed by atoms with Gasteiger partial charge in [0.25, 0.3) is 11.6 Å². The fourth-order valence-electron chi connectivity index (χ4n) is 3.59. The van der Waals surface area contributed by atoms with Crippen molar-refractivity contribution in [3.05, 3.63) is 63.2 Å². The molecule has 0 atom stereocenters. The molecule has 0 bridgehead atoms. The number of hydrogen-bond acceptors (Lipinski definition) is 7. The minimum absolute atomic E-state index is 0.00128. The predicted octanol–water partition coefficient (Wildman–Crippen LogP) is 3.18. The third-order valence-electron chi connectivity index (χ3n) is 5.49. The molecule has 2 aromatic rings. The van der Waals surface area contributed by atoms with Crippen LogP contribution >= 0.6 is 0 Å². The Balaban J connectivity index is 1.69. The molecule has 1 N–H and O–H groups in total. The topological polar surface area (TPSA) is 136 Å². The number of nitro benzene ring substituents is 1. The molecule has 1 aliphatic rings. The highest BCUT2D eigenvalue weighted by Gasteiger charge is 2.27. The highest BCUT2D eigenvalue weighted by atomic mass is 32.2. The van der Waals surface area contributed by atoms with E-state index in [0.717, 1.165) is 19.3 Å². The molecule has 1 saturated heterocycles. The van der Waals surface area contributed by atoms with Crippen LogP contribution in [-0.2, 0) is 19.6 Å². The molecule has 1 aliphatic heterocycles. The van der Waals surface area contributed by atoms with Gasteiger partial charge in [-0.2, -0.15) is 4.31 Å². The van der Waals surface area contributed by atoms with E-state index in [1.54, 1.807) is 6.92 Å². The molecular weight excluding hydrogens is 450 g/mol. The van der Waals surface area contributed by atoms with Crippen molar-refractivity contribution in [3.8, 4) is 0 Å². The number of amides is 1. The highest BCUT2D eigenvalue weighted by molar-refractivity contribution is 7.89. The Bertz CT molecular complexity index is 1190. The molecule has 11 heteroatoms. The molecule has 0 unspecified atom stereocenters. The van der Waals surface area contributed by atoms with Crippen LogP contribution in [0.25, 0.3) is 0 Å². The molecule has 1 amide bonds. The van der Waals surface area contributed by atoms with Crippen molar-refractivity contribution >= 4 is 33.3 Å². The maximum Gasteiger partial charge on any atom is 0.338 e. The van der Waals surface area contributed by atoms with Crippen LogP contribution < -0.4 is 5.32 Å². The Morgan fingerprint density at radius 1 is 1.12 bits per heavy atom. The fourth-order valence-corrected chi connectivity index (χ4v) is 5.13. The number of nitrogens with zero attached hydrogens (tertiary/aromatic N) is 2. The number of nitro groups is 1. The van der Waals surface area contributed by atoms with Gasteiger partial charge in [0, 0.05) is 19.2 Å². The zero-order valence-corrected chi connectivity index (χ0v) is 19.2. The van der Waals surface area contributed by atoms with Crippen LogP contribution in [0.5, 0.6) is 0 Å². The summed E-state index contributed by atoms with van der Waals surface area (Å²) in [5.74, 6) is -1.52. The second-order valence-corrected chi connectivity index (χ2v) is 9.71. The SMILES string of the molecule is Cc1ccc(S(=O)(=O)N2CCCCC2)cc1C(=O)OCC(=O)Nc1cccc([N+](=O)[O-])c1C. The smallest absolute Gasteiger partial charge is 0.338 e. The standard InChI is InChI=1S/C22H25N3O7S/c1-15-9-10-17(33(30,31)24-11-4-3-5-12-24)13-18(15)22(27)32-14-21(26)23-19-7-6-8-20(16(19)2)25(28)29/h6-10,13H,3-5,11-12,14H2,1-2H3,(H,23,26). The number of carbonyl (C=O) groups excluding carboxylic acids is 2. The van der Waals surface area contributed by atoms with Gasteiger partial charge in [0.2, 0.25) is 10.0 Å². The molecule has 33 heavy (non-hydrogen) atoms. The summed E-state index contributed by atoms with van der Waals surface area (Å²) in [6.07, 6.45) is 2.56. The number of carbonyl (C=O) groups is 2. The van der Waals surface area contributed by atoms with Crippen LogP contribution in [0.1, 0.15) is 40.7 Å². The first-order chi connectivity index (χ1) is 15.6. The van der Waals surface area contributed by atoms with Gasteiger partial charge in [-0.15, -0.1) is 0 Å². The largest absolute Gasteiger partial charge is 0.452 e. The summed E-state index contributed by atoms with van der Waals surface area (Å²) in [5, 5.41) is 13.5. The Hall–Kier alpha value is -3.31. The predicted molar refractivity (Wildman–Crippen MR) is 121 cm³/mol. The van der Waals surface area contributed by atoms with Crippen molar-refractivity contribution in [1.82, 2.24) is 4.31 Å². The van der Waals surface area contributed by atoms with Crippen molar-refractivity contribution < 1.29 is 27.7 Å². The van der Waals surface area contributed by atoms with E-state index < -0.39 is 33.4 Å². The van der Waals surface area contributed by atoms with Crippen LogP contribution in [0.2, 0.25) is 0 Å². The molecule has 176 valence electrons. The average molecular weight is 476 g/mol. The van der Waals surface area contributed by atoms with E-state index in [1.807, 2.05) is 0 Å². The molecule has 1 heterocycles. The number of anilines is 1. The second-order valence-electron chi connectivity index (χ2n) is 7.77. The molecule has 2 aromatic carbocycles. The lowest BCUT2D eigenvalue weighted by molar-refractivity contribution is -0.385. The van der Waals surface area contributed by atoms with Gasteiger partial charge in [-0.25, -0.2) is 13.2 Å². The van der Waals surface area contributed by atoms with Crippen LogP contribution in [-0.4, -0.2) is 49.2 Å². The van der Waals surface area contributed by atoms with E-state index in [9.17, 15) is 28.1 Å². The molecular formula is C22H25N3O7S. The lowest BCUT2D eigenvalue weighted by Crippen LogP contribution is -2.35. The van der Waals surface area contributed by atoms with Crippen LogP contribution in [0.4, 0.5) is 11.4 Å². The zero-order valence-electron chi connectivity index (χ0n) is 18.4. The van der Waals surface area contributed by atoms with Crippen molar-refractivity contribution in [3.63, 3.8) is 0 Å². The van der Waals surface area contributed by atoms with Crippen molar-refractivity contribution in [2.75, 3.05) is 25.0 Å². The molecule has 0 aromatic heterocycles. The van der Waals surface area contributed by atoms with Crippen LogP contribution in [0.3, 0.4) is 0 Å². The molecule has 0 radical (unpaired) electrons. The first kappa shape index (κ1) is 24.3. The Labute approximate surface area is 191 Å². The van der Waals surface area contributed by atoms with Crippen molar-refractivity contribution in [2.45, 2.75) is 38.0 Å². The van der Waals surface area contributed by atoms with Crippen molar-refractivity contribution in [1.29, 1.82) is 0 Å². The fraction of sp³-hybridized carbons (Fsp3) is 0.364. The number of nitrogens with one attached hydrogen (secondary N) is 1. The van der Waals surface area contributed by atoms with Gasteiger partial charge in [-0.1, -0.05) is 18.6 Å². The van der Waals surface area contributed by atoms with Gasteiger partial charge < -0.3 is 10.1 Å². The normalized spacial score (nSPS) is 14.5. The molecule has 3 rings (SSSR count). The minimum Gasteiger partial charge on any atom is -0.452 e. The van der Waals surface area contributed by atoms with E-state index in [-0.39, 0.29) is 27.4 Å². The number of aryl methyl sites for hydroxylation is 1. The second kappa shape index (κ2) is 10.1. The van der Waals surface area contributed by atoms with Crippen molar-refractivity contribution in [2.24, 2.45) is 0 Å². The highest BCUT2D eigenvalue weighted by Crippen LogP contribution is 2.25. The maximum atomic E-state index is 12.9. The molecule has 1 fully saturated rings. The summed E-state index contributed by atoms with van der Waals surface area (Å²) in [5.41, 5.74) is 0.914. The average Bonchev–Trinajstić information content (AvgIpc) is 2.79. The maximum absolute atomic E-state index is 12.9. The van der Waals surface area contributed by atoms with Crippen LogP contribution in [0, 0.1) is 24.0 Å². The van der Waals surface area contributed by atoms with E-state index in [0.29, 0.717) is 18.7 Å². The minimum atomic E-state index is -3.73. The Morgan fingerprint density at radius 2 is 1.82 bits per heavy atom. The van der Waals surface area contributed by atoms with E-state index in [4.69, 9.17) is 4.74 Å². The molecule has 0 spiro atoms. The number of ether oxygens (including phenoxy) is 1. The Morgan fingerprint density at radius 3 is 2.48 bits per heavy atom. The number of esters is 1. The first-order valence-corrected chi connectivity index (χ1v) is 11.9. The lowest BCUT2D eigenvalue weighted by atomic mass is 10.1. The van der Waals surface area contributed by atoms with E-state index >= 15 is 0 Å². The van der Waals surface area contributed by atoms with Gasteiger partial charge in [0.15, 0.2) is 6.61 Å². The van der Waals surface area contributed by atoms with Gasteiger partial charge in [-0.3, -0.25) is 14.9 Å². The van der Waals surface area contributed by atoms with Gasteiger partial charge in [0.1, 0.15) is 0 Å². The number of piperidine rings is 1. The summed E-state index contributed by atoms with van der Waals surface area (Å²) in [7, 11) is -3.73. The van der Waals surface area contributed by atoms with E-state index in [2.05, 4.69) is 5.32 Å². The lowest BCUT2D eigenvalue weighted by Gasteiger charge is -2.26. The zero-order chi connectivity index (χ0) is 24.2. The summed E-state index contributed by atoms with van der Waals surface area (Å²) < 4.78 is 32.3.